The lowest BCUT2D eigenvalue weighted by atomic mass is 9.90. The molecule has 2 N–H and O–H groups in total. The normalized spacial score (nSPS) is 15.6. The molecular formula is C23H19F4N3O2S. The minimum Gasteiger partial charge on any atom is -0.325 e. The number of alkyl halides is 3. The number of carbonyl (C=O) groups excluding carboxylic acids is 2. The van der Waals surface area contributed by atoms with E-state index in [1.165, 1.54) is 11.3 Å². The van der Waals surface area contributed by atoms with Gasteiger partial charge in [0.1, 0.15) is 5.82 Å². The molecule has 4 rings (SSSR count). The predicted molar refractivity (Wildman–Crippen MR) is 117 cm³/mol. The number of halogens is 4. The first-order chi connectivity index (χ1) is 15.6. The Kier molecular flexibility index (Phi) is 6.20. The molecule has 172 valence electrons. The Labute approximate surface area is 190 Å². The molecule has 0 radical (unpaired) electrons. The Morgan fingerprint density at radius 1 is 1.09 bits per heavy atom. The lowest BCUT2D eigenvalue weighted by Gasteiger charge is -2.20. The van der Waals surface area contributed by atoms with Crippen LogP contribution in [0.5, 0.6) is 0 Å². The molecule has 0 bridgehead atoms. The van der Waals surface area contributed by atoms with Crippen LogP contribution in [0.3, 0.4) is 0 Å². The van der Waals surface area contributed by atoms with Crippen molar-refractivity contribution in [2.45, 2.75) is 38.3 Å². The van der Waals surface area contributed by atoms with E-state index in [2.05, 4.69) is 15.6 Å². The molecule has 1 aliphatic rings. The summed E-state index contributed by atoms with van der Waals surface area (Å²) in [6.45, 7) is 1.91. The van der Waals surface area contributed by atoms with Gasteiger partial charge in [-0.05, 0) is 56.5 Å². The molecule has 1 heterocycles. The molecule has 3 aromatic rings. The molecule has 0 aliphatic heterocycles. The first kappa shape index (κ1) is 22.9. The van der Waals surface area contributed by atoms with Crippen LogP contribution in [0, 0.1) is 12.7 Å². The van der Waals surface area contributed by atoms with Crippen molar-refractivity contribution >= 4 is 34.0 Å². The third kappa shape index (κ3) is 5.05. The van der Waals surface area contributed by atoms with Gasteiger partial charge in [-0.3, -0.25) is 14.9 Å². The van der Waals surface area contributed by atoms with E-state index in [9.17, 15) is 27.2 Å². The summed E-state index contributed by atoms with van der Waals surface area (Å²) in [6, 6.07) is 9.38. The number of anilines is 2. The second-order valence-corrected chi connectivity index (χ2v) is 8.86. The second-order valence-electron chi connectivity index (χ2n) is 7.77. The zero-order valence-electron chi connectivity index (χ0n) is 17.4. The Morgan fingerprint density at radius 3 is 2.52 bits per heavy atom. The van der Waals surface area contributed by atoms with E-state index in [1.54, 1.807) is 12.1 Å². The summed E-state index contributed by atoms with van der Waals surface area (Å²) in [7, 11) is 0. The van der Waals surface area contributed by atoms with Crippen LogP contribution in [-0.2, 0) is 17.4 Å². The number of fused-ring (bicyclic) bond motifs is 1. The summed E-state index contributed by atoms with van der Waals surface area (Å²) in [5.41, 5.74) is 0.401. The van der Waals surface area contributed by atoms with Gasteiger partial charge < -0.3 is 5.32 Å². The van der Waals surface area contributed by atoms with E-state index in [1.807, 2.05) is 19.1 Å². The third-order valence-corrected chi connectivity index (χ3v) is 6.39. The first-order valence-corrected chi connectivity index (χ1v) is 11.0. The van der Waals surface area contributed by atoms with Gasteiger partial charge in [-0.1, -0.05) is 17.7 Å². The fourth-order valence-electron chi connectivity index (χ4n) is 3.65. The molecule has 33 heavy (non-hydrogen) atoms. The predicted octanol–water partition coefficient (Wildman–Crippen LogP) is 5.92. The van der Waals surface area contributed by atoms with Gasteiger partial charge in [-0.2, -0.15) is 13.2 Å². The van der Waals surface area contributed by atoms with E-state index in [-0.39, 0.29) is 11.6 Å². The van der Waals surface area contributed by atoms with Crippen LogP contribution < -0.4 is 10.6 Å². The van der Waals surface area contributed by atoms with E-state index < -0.39 is 29.4 Å². The Bertz CT molecular complexity index is 1210. The van der Waals surface area contributed by atoms with Crippen molar-refractivity contribution < 1.29 is 27.2 Å². The van der Waals surface area contributed by atoms with Crippen LogP contribution in [0.1, 0.15) is 50.8 Å². The van der Waals surface area contributed by atoms with Crippen LogP contribution in [0.4, 0.5) is 28.4 Å². The van der Waals surface area contributed by atoms with E-state index in [0.717, 1.165) is 16.5 Å². The van der Waals surface area contributed by atoms with Gasteiger partial charge in [0.25, 0.3) is 5.91 Å². The SMILES string of the molecule is Cc1ccc(C(=O)Nc2nc3c(s2)CCCC3C(=O)Nc2ccc(F)c(C(F)(F)F)c2)cc1. The smallest absolute Gasteiger partial charge is 0.325 e. The van der Waals surface area contributed by atoms with Crippen LogP contribution in [0.2, 0.25) is 0 Å². The Balaban J connectivity index is 1.51. The molecule has 0 spiro atoms. The highest BCUT2D eigenvalue weighted by molar-refractivity contribution is 7.16. The summed E-state index contributed by atoms with van der Waals surface area (Å²) in [6.07, 6.45) is -3.04. The van der Waals surface area contributed by atoms with E-state index in [0.29, 0.717) is 47.8 Å². The first-order valence-electron chi connectivity index (χ1n) is 10.2. The number of nitrogens with one attached hydrogen (secondary N) is 2. The number of thiazole rings is 1. The lowest BCUT2D eigenvalue weighted by Crippen LogP contribution is -2.25. The summed E-state index contributed by atoms with van der Waals surface area (Å²) in [4.78, 5) is 30.6. The number of nitrogens with zero attached hydrogens (tertiary/aromatic N) is 1. The molecule has 2 amide bonds. The summed E-state index contributed by atoms with van der Waals surface area (Å²) in [5, 5.41) is 5.54. The van der Waals surface area contributed by atoms with Crippen molar-refractivity contribution in [1.29, 1.82) is 0 Å². The van der Waals surface area contributed by atoms with Gasteiger partial charge in [0.2, 0.25) is 5.91 Å². The van der Waals surface area contributed by atoms with Crippen molar-refractivity contribution in [3.8, 4) is 0 Å². The number of hydrogen-bond acceptors (Lipinski definition) is 4. The lowest BCUT2D eigenvalue weighted by molar-refractivity contribution is -0.140. The fourth-order valence-corrected chi connectivity index (χ4v) is 4.71. The van der Waals surface area contributed by atoms with Crippen molar-refractivity contribution in [1.82, 2.24) is 4.98 Å². The van der Waals surface area contributed by atoms with Gasteiger partial charge in [-0.15, -0.1) is 11.3 Å². The minimum absolute atomic E-state index is 0.149. The van der Waals surface area contributed by atoms with Crippen LogP contribution in [0.15, 0.2) is 42.5 Å². The molecule has 5 nitrogen and oxygen atoms in total. The number of benzene rings is 2. The maximum Gasteiger partial charge on any atom is 0.419 e. The zero-order valence-corrected chi connectivity index (χ0v) is 18.2. The van der Waals surface area contributed by atoms with E-state index >= 15 is 0 Å². The topological polar surface area (TPSA) is 71.1 Å². The molecule has 10 heteroatoms. The monoisotopic (exact) mass is 477 g/mol. The Morgan fingerprint density at radius 2 is 1.82 bits per heavy atom. The fraction of sp³-hybridized carbons (Fsp3) is 0.261. The second kappa shape index (κ2) is 8.93. The van der Waals surface area contributed by atoms with Crippen LogP contribution in [0.25, 0.3) is 0 Å². The molecule has 1 atom stereocenters. The van der Waals surface area contributed by atoms with Gasteiger partial charge in [-0.25, -0.2) is 9.37 Å². The average Bonchev–Trinajstić information content (AvgIpc) is 3.17. The van der Waals surface area contributed by atoms with Gasteiger partial charge >= 0.3 is 6.18 Å². The molecular weight excluding hydrogens is 458 g/mol. The molecule has 0 fully saturated rings. The van der Waals surface area contributed by atoms with Gasteiger partial charge in [0.05, 0.1) is 17.2 Å². The van der Waals surface area contributed by atoms with Gasteiger partial charge in [0.15, 0.2) is 5.13 Å². The van der Waals surface area contributed by atoms with Gasteiger partial charge in [0, 0.05) is 16.1 Å². The maximum absolute atomic E-state index is 13.5. The zero-order chi connectivity index (χ0) is 23.8. The third-order valence-electron chi connectivity index (χ3n) is 5.34. The largest absolute Gasteiger partial charge is 0.419 e. The van der Waals surface area contributed by atoms with Crippen LogP contribution in [-0.4, -0.2) is 16.8 Å². The summed E-state index contributed by atoms with van der Waals surface area (Å²) in [5.74, 6) is -2.95. The number of aryl methyl sites for hydroxylation is 2. The average molecular weight is 477 g/mol. The summed E-state index contributed by atoms with van der Waals surface area (Å²) >= 11 is 1.28. The van der Waals surface area contributed by atoms with Crippen molar-refractivity contribution in [3.63, 3.8) is 0 Å². The number of hydrogen-bond donors (Lipinski definition) is 2. The molecule has 1 aromatic heterocycles. The molecule has 2 aromatic carbocycles. The summed E-state index contributed by atoms with van der Waals surface area (Å²) < 4.78 is 52.4. The highest BCUT2D eigenvalue weighted by atomic mass is 32.1. The number of carbonyl (C=O) groups is 2. The molecule has 1 aliphatic carbocycles. The van der Waals surface area contributed by atoms with Crippen molar-refractivity contribution in [2.75, 3.05) is 10.6 Å². The molecule has 0 saturated carbocycles. The molecule has 0 saturated heterocycles. The quantitative estimate of drug-likeness (QED) is 0.458. The number of amides is 2. The van der Waals surface area contributed by atoms with Crippen molar-refractivity contribution in [2.24, 2.45) is 0 Å². The minimum atomic E-state index is -4.87. The van der Waals surface area contributed by atoms with Crippen molar-refractivity contribution in [3.05, 3.63) is 75.5 Å². The standard InChI is InChI=1S/C23H19F4N3O2S/c1-12-5-7-13(8-6-12)20(31)30-22-29-19-15(3-2-4-18(19)33-22)21(32)28-14-9-10-17(24)16(11-14)23(25,26)27/h5-11,15H,2-4H2,1H3,(H,28,32)(H,29,30,31). The number of aromatic nitrogens is 1. The Hall–Kier alpha value is -3.27. The van der Waals surface area contributed by atoms with Crippen LogP contribution >= 0.6 is 11.3 Å². The highest BCUT2D eigenvalue weighted by Crippen LogP contribution is 2.38. The highest BCUT2D eigenvalue weighted by Gasteiger charge is 2.35. The number of rotatable bonds is 4. The van der Waals surface area contributed by atoms with E-state index in [4.69, 9.17) is 0 Å². The molecule has 1 unspecified atom stereocenters. The maximum atomic E-state index is 13.5.